The molecule has 1 amide bonds. The molecule has 0 aliphatic carbocycles. The van der Waals surface area contributed by atoms with E-state index in [1.54, 1.807) is 0 Å². The molecule has 7 nitrogen and oxygen atoms in total. The van der Waals surface area contributed by atoms with Crippen LogP contribution in [0.2, 0.25) is 0 Å². The van der Waals surface area contributed by atoms with E-state index in [0.29, 0.717) is 5.71 Å². The zero-order valence-corrected chi connectivity index (χ0v) is 16.2. The maximum absolute atomic E-state index is 13.2. The second-order valence-electron chi connectivity index (χ2n) is 5.86. The lowest BCUT2D eigenvalue weighted by molar-refractivity contribution is -0.138. The molecule has 1 heterocycles. The number of hydrogen-bond acceptors (Lipinski definition) is 6. The van der Waals surface area contributed by atoms with Crippen LogP contribution in [-0.2, 0) is 17.6 Å². The third-order valence-electron chi connectivity index (χ3n) is 3.58. The summed E-state index contributed by atoms with van der Waals surface area (Å²) in [5, 5.41) is 7.03. The van der Waals surface area contributed by atoms with Crippen molar-refractivity contribution < 1.29 is 27.2 Å². The number of alkyl halides is 3. The molecule has 0 saturated carbocycles. The highest BCUT2D eigenvalue weighted by Gasteiger charge is 2.35. The molecule has 2 rings (SSSR count). The summed E-state index contributed by atoms with van der Waals surface area (Å²) in [5.41, 5.74) is -0.301. The van der Waals surface area contributed by atoms with Crippen molar-refractivity contribution in [2.75, 3.05) is 7.05 Å². The van der Waals surface area contributed by atoms with Crippen molar-refractivity contribution in [2.45, 2.75) is 38.4 Å². The van der Waals surface area contributed by atoms with Crippen molar-refractivity contribution in [3.8, 4) is 0 Å². The lowest BCUT2D eigenvalue weighted by Gasteiger charge is -2.19. The van der Waals surface area contributed by atoms with Crippen molar-refractivity contribution in [2.24, 2.45) is 5.16 Å². The molecular formula is C16H17F4N5O2S. The third-order valence-corrected chi connectivity index (χ3v) is 4.64. The van der Waals surface area contributed by atoms with E-state index in [4.69, 9.17) is 4.84 Å². The number of aromatic nitrogens is 3. The van der Waals surface area contributed by atoms with E-state index in [9.17, 15) is 22.4 Å². The minimum Gasteiger partial charge on any atom is -0.297 e. The molecule has 0 spiro atoms. The first-order valence-corrected chi connectivity index (χ1v) is 8.65. The Morgan fingerprint density at radius 2 is 2.04 bits per heavy atom. The van der Waals surface area contributed by atoms with E-state index in [1.165, 1.54) is 40.0 Å². The Hall–Kier alpha value is -2.63. The Morgan fingerprint density at radius 1 is 1.36 bits per heavy atom. The van der Waals surface area contributed by atoms with Crippen molar-refractivity contribution in [3.63, 3.8) is 0 Å². The van der Waals surface area contributed by atoms with Gasteiger partial charge in [-0.25, -0.2) is 13.8 Å². The first-order valence-electron chi connectivity index (χ1n) is 7.87. The summed E-state index contributed by atoms with van der Waals surface area (Å²) in [5.74, 6) is 0. The Morgan fingerprint density at radius 3 is 2.61 bits per heavy atom. The number of nitrogens with zero attached hydrogens (tertiary/aromatic N) is 5. The highest BCUT2D eigenvalue weighted by molar-refractivity contribution is 7.97. The van der Waals surface area contributed by atoms with E-state index in [0.717, 1.165) is 27.3 Å². The maximum atomic E-state index is 13.2. The molecule has 0 radical (unpaired) electrons. The van der Waals surface area contributed by atoms with Crippen molar-refractivity contribution in [3.05, 3.63) is 41.2 Å². The molecule has 1 aromatic heterocycles. The summed E-state index contributed by atoms with van der Waals surface area (Å²) in [6, 6.07) is 2.85. The molecular weight excluding hydrogens is 402 g/mol. The van der Waals surface area contributed by atoms with Gasteiger partial charge in [-0.2, -0.15) is 22.5 Å². The van der Waals surface area contributed by atoms with Gasteiger partial charge < -0.3 is 0 Å². The van der Waals surface area contributed by atoms with Crippen molar-refractivity contribution in [1.29, 1.82) is 0 Å². The second kappa shape index (κ2) is 8.59. The monoisotopic (exact) mass is 419 g/mol. The van der Waals surface area contributed by atoms with E-state index in [1.807, 2.05) is 0 Å². The molecule has 0 saturated heterocycles. The van der Waals surface area contributed by atoms with E-state index in [-0.39, 0.29) is 22.6 Å². The molecule has 0 aliphatic heterocycles. The molecule has 152 valence electrons. The van der Waals surface area contributed by atoms with Gasteiger partial charge in [-0.15, -0.1) is 5.10 Å². The average molecular weight is 419 g/mol. The predicted octanol–water partition coefficient (Wildman–Crippen LogP) is 4.20. The summed E-state index contributed by atoms with van der Waals surface area (Å²) in [6.07, 6.45) is -5.13. The minimum atomic E-state index is -4.49. The first kappa shape index (κ1) is 21.7. The SMILES string of the molecule is C/C(Cn1cnc(F)n1)=N\OC(=O)N(C)Sc1ccc(C)c(C(F)(F)F)c1C. The number of oxime groups is 1. The van der Waals surface area contributed by atoms with Gasteiger partial charge in [0.1, 0.15) is 6.33 Å². The molecule has 2 aromatic rings. The second-order valence-corrected chi connectivity index (χ2v) is 7.03. The maximum Gasteiger partial charge on any atom is 0.446 e. The number of benzene rings is 1. The minimum absolute atomic E-state index is 0.0186. The van der Waals surface area contributed by atoms with Crippen LogP contribution in [0.15, 0.2) is 28.5 Å². The third kappa shape index (κ3) is 5.44. The van der Waals surface area contributed by atoms with Gasteiger partial charge in [0.2, 0.25) is 0 Å². The summed E-state index contributed by atoms with van der Waals surface area (Å²) < 4.78 is 54.5. The number of aryl methyl sites for hydroxylation is 1. The molecule has 0 atom stereocenters. The normalized spacial score (nSPS) is 12.2. The molecule has 0 bridgehead atoms. The zero-order valence-electron chi connectivity index (χ0n) is 15.4. The topological polar surface area (TPSA) is 72.6 Å². The van der Waals surface area contributed by atoms with E-state index in [2.05, 4.69) is 15.2 Å². The standard InChI is InChI=1S/C16H17F4N5O2S/c1-9-5-6-12(11(3)13(9)16(18,19)20)28-24(4)15(26)27-23-10(2)7-25-8-21-14(17)22-25/h5-6,8H,7H2,1-4H3/b23-10+. The summed E-state index contributed by atoms with van der Waals surface area (Å²) >= 11 is 0.789. The van der Waals surface area contributed by atoms with Crippen LogP contribution in [0, 0.1) is 19.9 Å². The van der Waals surface area contributed by atoms with Gasteiger partial charge >= 0.3 is 18.3 Å². The average Bonchev–Trinajstić information content (AvgIpc) is 2.98. The van der Waals surface area contributed by atoms with Crippen LogP contribution in [0.3, 0.4) is 0 Å². The van der Waals surface area contributed by atoms with Crippen LogP contribution >= 0.6 is 11.9 Å². The highest BCUT2D eigenvalue weighted by atomic mass is 32.2. The number of carbonyl (C=O) groups is 1. The fraction of sp³-hybridized carbons (Fsp3) is 0.375. The molecule has 0 N–H and O–H groups in total. The lowest BCUT2D eigenvalue weighted by atomic mass is 10.0. The number of hydrogen-bond donors (Lipinski definition) is 0. The summed E-state index contributed by atoms with van der Waals surface area (Å²) in [6.45, 7) is 4.30. The molecule has 0 aliphatic rings. The van der Waals surface area contributed by atoms with Gasteiger partial charge in [-0.1, -0.05) is 11.2 Å². The first-order chi connectivity index (χ1) is 13.0. The van der Waals surface area contributed by atoms with Crippen molar-refractivity contribution >= 4 is 23.8 Å². The van der Waals surface area contributed by atoms with Crippen LogP contribution in [0.25, 0.3) is 0 Å². The largest absolute Gasteiger partial charge is 0.446 e. The molecule has 0 unspecified atom stereocenters. The Bertz CT molecular complexity index is 898. The Labute approximate surface area is 162 Å². The number of rotatable bonds is 5. The van der Waals surface area contributed by atoms with Gasteiger partial charge in [0.15, 0.2) is 0 Å². The van der Waals surface area contributed by atoms with Gasteiger partial charge in [-0.3, -0.25) is 4.84 Å². The molecule has 0 fully saturated rings. The fourth-order valence-corrected chi connectivity index (χ4v) is 3.10. The Balaban J connectivity index is 2.03. The fourth-order valence-electron chi connectivity index (χ4n) is 2.33. The van der Waals surface area contributed by atoms with Gasteiger partial charge in [-0.05, 0) is 49.9 Å². The lowest BCUT2D eigenvalue weighted by Crippen LogP contribution is -2.20. The Kier molecular flexibility index (Phi) is 6.65. The van der Waals surface area contributed by atoms with Crippen LogP contribution in [0.4, 0.5) is 22.4 Å². The summed E-state index contributed by atoms with van der Waals surface area (Å²) in [4.78, 5) is 20.4. The van der Waals surface area contributed by atoms with Gasteiger partial charge in [0.25, 0.3) is 0 Å². The van der Waals surface area contributed by atoms with E-state index >= 15 is 0 Å². The van der Waals surface area contributed by atoms with Crippen LogP contribution in [-0.4, -0.2) is 37.9 Å². The molecule has 28 heavy (non-hydrogen) atoms. The zero-order chi connectivity index (χ0) is 21.1. The molecule has 1 aromatic carbocycles. The van der Waals surface area contributed by atoms with Crippen LogP contribution in [0.5, 0.6) is 0 Å². The van der Waals surface area contributed by atoms with E-state index < -0.39 is 23.9 Å². The molecule has 12 heteroatoms. The van der Waals surface area contributed by atoms with Crippen LogP contribution in [0.1, 0.15) is 23.6 Å². The number of amides is 1. The van der Waals surface area contributed by atoms with Crippen molar-refractivity contribution in [1.82, 2.24) is 19.1 Å². The van der Waals surface area contributed by atoms with Gasteiger partial charge in [0.05, 0.1) is 17.8 Å². The smallest absolute Gasteiger partial charge is 0.297 e. The highest BCUT2D eigenvalue weighted by Crippen LogP contribution is 2.38. The van der Waals surface area contributed by atoms with Crippen LogP contribution < -0.4 is 0 Å². The van der Waals surface area contributed by atoms with Gasteiger partial charge in [0, 0.05) is 11.9 Å². The predicted molar refractivity (Wildman–Crippen MR) is 94.1 cm³/mol. The summed E-state index contributed by atoms with van der Waals surface area (Å²) in [7, 11) is 1.34. The number of carbonyl (C=O) groups excluding carboxylic acids is 1. The number of halogens is 4. The quantitative estimate of drug-likeness (QED) is 0.239.